The van der Waals surface area contributed by atoms with E-state index in [0.29, 0.717) is 12.3 Å². The van der Waals surface area contributed by atoms with E-state index in [4.69, 9.17) is 4.98 Å². The van der Waals surface area contributed by atoms with Gasteiger partial charge in [0.15, 0.2) is 0 Å². The van der Waals surface area contributed by atoms with Gasteiger partial charge >= 0.3 is 0 Å². The van der Waals surface area contributed by atoms with E-state index in [9.17, 15) is 4.79 Å². The molecule has 1 aliphatic rings. The summed E-state index contributed by atoms with van der Waals surface area (Å²) >= 11 is 0. The minimum absolute atomic E-state index is 0.0701. The quantitative estimate of drug-likeness (QED) is 0.767. The number of nitrogens with zero attached hydrogens (tertiary/aromatic N) is 2. The summed E-state index contributed by atoms with van der Waals surface area (Å²) in [6.07, 6.45) is 0.451. The fraction of sp³-hybridized carbons (Fsp3) is 0.300. The van der Waals surface area contributed by atoms with Crippen LogP contribution in [0.3, 0.4) is 0 Å². The topological polar surface area (TPSA) is 46.9 Å². The molecule has 0 bridgehead atoms. The zero-order valence-corrected chi connectivity index (χ0v) is 14.5. The molecule has 1 aliphatic heterocycles. The average molecular weight is 319 g/mol. The highest BCUT2D eigenvalue weighted by molar-refractivity contribution is 6.00. The van der Waals surface area contributed by atoms with E-state index in [1.807, 2.05) is 19.9 Å². The standard InChI is InChI=1S/C20H21N3O/c1-11(2)17-9-14-6-5-13(4)21-20(14)23(17)16-7-12(3)19-15(8-16)10-18(24)22-19/h5-9,11H,10H2,1-4H3,(H,22,24). The first-order valence-electron chi connectivity index (χ1n) is 8.37. The smallest absolute Gasteiger partial charge is 0.228 e. The molecule has 4 rings (SSSR count). The second kappa shape index (κ2) is 5.20. The number of nitrogens with one attached hydrogen (secondary N) is 1. The molecular weight excluding hydrogens is 298 g/mol. The summed E-state index contributed by atoms with van der Waals surface area (Å²) < 4.78 is 2.24. The Kier molecular flexibility index (Phi) is 3.23. The van der Waals surface area contributed by atoms with Gasteiger partial charge in [-0.2, -0.15) is 0 Å². The Morgan fingerprint density at radius 2 is 1.96 bits per heavy atom. The largest absolute Gasteiger partial charge is 0.325 e. The SMILES string of the molecule is Cc1ccc2cc(C(C)C)n(-c3cc(C)c4c(c3)CC(=O)N4)c2n1. The molecule has 3 aromatic rings. The Hall–Kier alpha value is -2.62. The third-order valence-electron chi connectivity index (χ3n) is 4.69. The lowest BCUT2D eigenvalue weighted by atomic mass is 10.1. The molecule has 0 aliphatic carbocycles. The highest BCUT2D eigenvalue weighted by Gasteiger charge is 2.22. The number of hydrogen-bond donors (Lipinski definition) is 1. The van der Waals surface area contributed by atoms with E-state index in [-0.39, 0.29) is 5.91 Å². The number of aryl methyl sites for hydroxylation is 2. The van der Waals surface area contributed by atoms with E-state index >= 15 is 0 Å². The summed E-state index contributed by atoms with van der Waals surface area (Å²) in [5.74, 6) is 0.452. The summed E-state index contributed by atoms with van der Waals surface area (Å²) in [7, 11) is 0. The molecule has 0 saturated heterocycles. The van der Waals surface area contributed by atoms with Crippen LogP contribution in [0, 0.1) is 13.8 Å². The van der Waals surface area contributed by atoms with Gasteiger partial charge in [0, 0.05) is 28.1 Å². The van der Waals surface area contributed by atoms with Crippen LogP contribution < -0.4 is 5.32 Å². The van der Waals surface area contributed by atoms with E-state index in [1.165, 1.54) is 5.69 Å². The molecule has 0 spiro atoms. The van der Waals surface area contributed by atoms with Gasteiger partial charge in [0.2, 0.25) is 5.91 Å². The van der Waals surface area contributed by atoms with Gasteiger partial charge in [0.1, 0.15) is 5.65 Å². The Morgan fingerprint density at radius 1 is 1.17 bits per heavy atom. The van der Waals surface area contributed by atoms with E-state index in [0.717, 1.165) is 39.2 Å². The monoisotopic (exact) mass is 319 g/mol. The lowest BCUT2D eigenvalue weighted by molar-refractivity contribution is -0.115. The predicted molar refractivity (Wildman–Crippen MR) is 97.0 cm³/mol. The maximum absolute atomic E-state index is 11.8. The first-order valence-corrected chi connectivity index (χ1v) is 8.37. The van der Waals surface area contributed by atoms with Gasteiger partial charge in [-0.3, -0.25) is 9.36 Å². The van der Waals surface area contributed by atoms with Crippen molar-refractivity contribution in [2.75, 3.05) is 5.32 Å². The third kappa shape index (κ3) is 2.21. The Labute approximate surface area is 141 Å². The van der Waals surface area contributed by atoms with Gasteiger partial charge in [0.25, 0.3) is 0 Å². The molecule has 2 aromatic heterocycles. The zero-order valence-electron chi connectivity index (χ0n) is 14.5. The Morgan fingerprint density at radius 3 is 2.71 bits per heavy atom. The van der Waals surface area contributed by atoms with Crippen molar-refractivity contribution in [1.29, 1.82) is 0 Å². The lowest BCUT2D eigenvalue weighted by Gasteiger charge is -2.15. The van der Waals surface area contributed by atoms with Crippen molar-refractivity contribution >= 4 is 22.6 Å². The summed E-state index contributed by atoms with van der Waals surface area (Å²) in [4.78, 5) is 16.5. The van der Waals surface area contributed by atoms with Crippen LogP contribution >= 0.6 is 0 Å². The minimum atomic E-state index is 0.0701. The molecule has 0 saturated carbocycles. The van der Waals surface area contributed by atoms with Crippen molar-refractivity contribution in [3.05, 3.63) is 52.8 Å². The molecule has 3 heterocycles. The Balaban J connectivity index is 2.01. The van der Waals surface area contributed by atoms with Gasteiger partial charge in [-0.1, -0.05) is 13.8 Å². The zero-order chi connectivity index (χ0) is 17.0. The molecule has 0 fully saturated rings. The van der Waals surface area contributed by atoms with Crippen LogP contribution in [0.1, 0.15) is 42.3 Å². The minimum Gasteiger partial charge on any atom is -0.325 e. The molecule has 4 nitrogen and oxygen atoms in total. The third-order valence-corrected chi connectivity index (χ3v) is 4.69. The molecule has 1 aromatic carbocycles. The highest BCUT2D eigenvalue weighted by atomic mass is 16.1. The van der Waals surface area contributed by atoms with Crippen molar-refractivity contribution in [2.45, 2.75) is 40.0 Å². The van der Waals surface area contributed by atoms with Gasteiger partial charge in [-0.15, -0.1) is 0 Å². The lowest BCUT2D eigenvalue weighted by Crippen LogP contribution is -2.05. The van der Waals surface area contributed by atoms with Crippen molar-refractivity contribution < 1.29 is 4.79 Å². The summed E-state index contributed by atoms with van der Waals surface area (Å²) in [6.45, 7) is 8.46. The molecule has 4 heteroatoms. The number of fused-ring (bicyclic) bond motifs is 2. The van der Waals surface area contributed by atoms with E-state index in [2.05, 4.69) is 48.0 Å². The van der Waals surface area contributed by atoms with Gasteiger partial charge in [0.05, 0.1) is 6.42 Å². The molecule has 122 valence electrons. The van der Waals surface area contributed by atoms with Crippen LogP contribution in [0.5, 0.6) is 0 Å². The summed E-state index contributed by atoms with van der Waals surface area (Å²) in [5.41, 5.74) is 7.44. The highest BCUT2D eigenvalue weighted by Crippen LogP contribution is 2.33. The molecule has 24 heavy (non-hydrogen) atoms. The molecule has 1 N–H and O–H groups in total. The van der Waals surface area contributed by atoms with Crippen LogP contribution in [0.15, 0.2) is 30.3 Å². The normalized spacial score (nSPS) is 13.6. The maximum atomic E-state index is 11.8. The van der Waals surface area contributed by atoms with Gasteiger partial charge in [-0.25, -0.2) is 4.98 Å². The average Bonchev–Trinajstić information content (AvgIpc) is 3.07. The fourth-order valence-corrected chi connectivity index (χ4v) is 3.53. The van der Waals surface area contributed by atoms with Gasteiger partial charge in [-0.05, 0) is 61.2 Å². The van der Waals surface area contributed by atoms with Gasteiger partial charge < -0.3 is 5.32 Å². The number of amides is 1. The number of benzene rings is 1. The number of carbonyl (C=O) groups is 1. The predicted octanol–water partition coefficient (Wildman–Crippen LogP) is 4.26. The molecule has 1 amide bonds. The summed E-state index contributed by atoms with van der Waals surface area (Å²) in [6, 6.07) is 10.7. The first-order chi connectivity index (χ1) is 11.4. The number of pyridine rings is 1. The number of hydrogen-bond acceptors (Lipinski definition) is 2. The first kappa shape index (κ1) is 14.9. The van der Waals surface area contributed by atoms with Crippen molar-refractivity contribution in [3.63, 3.8) is 0 Å². The van der Waals surface area contributed by atoms with Crippen LogP contribution in [0.2, 0.25) is 0 Å². The molecule has 0 unspecified atom stereocenters. The van der Waals surface area contributed by atoms with Crippen LogP contribution in [0.25, 0.3) is 16.7 Å². The second-order valence-corrected chi connectivity index (χ2v) is 6.95. The van der Waals surface area contributed by atoms with E-state index in [1.54, 1.807) is 0 Å². The number of rotatable bonds is 2. The Bertz CT molecular complexity index is 982. The van der Waals surface area contributed by atoms with Crippen molar-refractivity contribution in [3.8, 4) is 5.69 Å². The van der Waals surface area contributed by atoms with Crippen molar-refractivity contribution in [2.24, 2.45) is 0 Å². The molecule has 0 radical (unpaired) electrons. The number of carbonyl (C=O) groups excluding carboxylic acids is 1. The number of aromatic nitrogens is 2. The van der Waals surface area contributed by atoms with Crippen LogP contribution in [-0.4, -0.2) is 15.5 Å². The molecular formula is C20H21N3O. The molecule has 0 atom stereocenters. The maximum Gasteiger partial charge on any atom is 0.228 e. The van der Waals surface area contributed by atoms with Crippen molar-refractivity contribution in [1.82, 2.24) is 9.55 Å². The fourth-order valence-electron chi connectivity index (χ4n) is 3.53. The van der Waals surface area contributed by atoms with E-state index < -0.39 is 0 Å². The summed E-state index contributed by atoms with van der Waals surface area (Å²) in [5, 5.41) is 4.11. The second-order valence-electron chi connectivity index (χ2n) is 6.95. The number of anilines is 1. The van der Waals surface area contributed by atoms with Crippen LogP contribution in [0.4, 0.5) is 5.69 Å². The van der Waals surface area contributed by atoms with Crippen LogP contribution in [-0.2, 0) is 11.2 Å².